The lowest BCUT2D eigenvalue weighted by molar-refractivity contribution is -0.166. The third-order valence-corrected chi connectivity index (χ3v) is 7.35. The molecule has 1 aliphatic heterocycles. The predicted molar refractivity (Wildman–Crippen MR) is 160 cm³/mol. The van der Waals surface area contributed by atoms with Crippen molar-refractivity contribution in [1.82, 2.24) is 9.88 Å². The number of nitrogens with zero attached hydrogens (tertiary/aromatic N) is 1. The minimum absolute atomic E-state index is 0.193. The number of carbonyl (C=O) groups is 1. The van der Waals surface area contributed by atoms with Gasteiger partial charge in [0.15, 0.2) is 17.1 Å². The molecule has 3 aromatic rings. The lowest BCUT2D eigenvalue weighted by Gasteiger charge is -2.27. The number of methoxy groups -OCH3 is 2. The molecule has 0 amide bonds. The molecule has 4 rings (SSSR count). The molecule has 0 aliphatic carbocycles. The fraction of sp³-hybridized carbons (Fsp3) is 0.387. The van der Waals surface area contributed by atoms with Crippen LogP contribution in [0.3, 0.4) is 0 Å². The van der Waals surface area contributed by atoms with Crippen molar-refractivity contribution in [3.8, 4) is 17.2 Å². The largest absolute Gasteiger partial charge is 0.493 e. The molecule has 9 nitrogen and oxygen atoms in total. The van der Waals surface area contributed by atoms with Crippen LogP contribution in [-0.4, -0.2) is 48.6 Å². The average Bonchev–Trinajstić information content (AvgIpc) is 3.40. The van der Waals surface area contributed by atoms with Gasteiger partial charge in [-0.3, -0.25) is 0 Å². The van der Waals surface area contributed by atoms with Crippen LogP contribution in [0.5, 0.6) is 11.5 Å². The van der Waals surface area contributed by atoms with Crippen molar-refractivity contribution in [3.63, 3.8) is 0 Å². The van der Waals surface area contributed by atoms with Crippen molar-refractivity contribution in [2.24, 2.45) is 5.73 Å². The van der Waals surface area contributed by atoms with Crippen LogP contribution in [0.1, 0.15) is 56.5 Å². The van der Waals surface area contributed by atoms with Gasteiger partial charge in [-0.15, -0.1) is 0 Å². The van der Waals surface area contributed by atoms with E-state index in [-0.39, 0.29) is 12.7 Å². The summed E-state index contributed by atoms with van der Waals surface area (Å²) in [7, 11) is 3.27. The Balaban J connectivity index is 0.000000253. The molecule has 0 unspecified atom stereocenters. The summed E-state index contributed by atoms with van der Waals surface area (Å²) in [4.78, 5) is 11.1. The Morgan fingerprint density at radius 1 is 1.15 bits per heavy atom. The monoisotopic (exact) mass is 585 g/mol. The minimum Gasteiger partial charge on any atom is -0.493 e. The van der Waals surface area contributed by atoms with Crippen molar-refractivity contribution >= 4 is 17.6 Å². The second-order valence-corrected chi connectivity index (χ2v) is 9.80. The standard InChI is InChI=1S/C20H18ClNO3.C11H22N2O3/c1-23-18-7-3-6-15(20(18)24-2)19-16-11-13(21)8-9-17(16)22-10-4-5-14(22)12-25-19;1-4-11(5-2,10(14)15)16-8-9(7-12)13-6-3/h3-11,19H,12H2,1-2H3;7,13H,4-6,8,12H2,1-3H3,(H,14,15)/b;9-7-/t19-;/m1./s1. The van der Waals surface area contributed by atoms with Crippen LogP contribution in [0, 0.1) is 0 Å². The maximum Gasteiger partial charge on any atom is 0.335 e. The molecule has 0 saturated carbocycles. The van der Waals surface area contributed by atoms with Gasteiger partial charge in [0.1, 0.15) is 6.10 Å². The summed E-state index contributed by atoms with van der Waals surface area (Å²) >= 11 is 6.30. The molecule has 222 valence electrons. The number of carboxylic acids is 1. The summed E-state index contributed by atoms with van der Waals surface area (Å²) < 4.78 is 25.0. The number of ether oxygens (including phenoxy) is 4. The van der Waals surface area contributed by atoms with Gasteiger partial charge in [0.05, 0.1) is 38.8 Å². The third-order valence-electron chi connectivity index (χ3n) is 7.12. The number of hydrogen-bond donors (Lipinski definition) is 3. The van der Waals surface area contributed by atoms with Crippen molar-refractivity contribution in [2.45, 2.75) is 51.9 Å². The quantitative estimate of drug-likeness (QED) is 0.257. The highest BCUT2D eigenvalue weighted by Crippen LogP contribution is 2.43. The fourth-order valence-electron chi connectivity index (χ4n) is 4.78. The van der Waals surface area contributed by atoms with E-state index < -0.39 is 11.6 Å². The van der Waals surface area contributed by atoms with E-state index in [4.69, 9.17) is 41.4 Å². The average molecular weight is 586 g/mol. The number of likely N-dealkylation sites (N-methyl/N-ethyl adjacent to an activating group) is 1. The van der Waals surface area contributed by atoms with E-state index in [0.717, 1.165) is 29.1 Å². The molecule has 0 saturated heterocycles. The number of nitrogens with two attached hydrogens (primary N) is 1. The number of para-hydroxylation sites is 1. The Hall–Kier alpha value is -3.66. The summed E-state index contributed by atoms with van der Waals surface area (Å²) in [5.74, 6) is 0.425. The van der Waals surface area contributed by atoms with Gasteiger partial charge in [-0.2, -0.15) is 0 Å². The third kappa shape index (κ3) is 7.16. The number of nitrogens with one attached hydrogen (secondary N) is 1. The summed E-state index contributed by atoms with van der Waals surface area (Å²) in [6.07, 6.45) is 4.00. The van der Waals surface area contributed by atoms with E-state index in [1.54, 1.807) is 28.1 Å². The first-order valence-corrected chi connectivity index (χ1v) is 14.0. The molecule has 41 heavy (non-hydrogen) atoms. The molecule has 0 bridgehead atoms. The zero-order chi connectivity index (χ0) is 30.0. The van der Waals surface area contributed by atoms with Crippen LogP contribution in [-0.2, 0) is 20.9 Å². The highest BCUT2D eigenvalue weighted by molar-refractivity contribution is 6.30. The van der Waals surface area contributed by atoms with E-state index in [9.17, 15) is 4.79 Å². The molecule has 0 radical (unpaired) electrons. The number of carboxylic acid groups (broad SMARTS) is 1. The van der Waals surface area contributed by atoms with Gasteiger partial charge in [-0.1, -0.05) is 37.6 Å². The predicted octanol–water partition coefficient (Wildman–Crippen LogP) is 5.82. The van der Waals surface area contributed by atoms with Crippen LogP contribution >= 0.6 is 11.6 Å². The van der Waals surface area contributed by atoms with Crippen molar-refractivity contribution in [1.29, 1.82) is 0 Å². The smallest absolute Gasteiger partial charge is 0.335 e. The summed E-state index contributed by atoms with van der Waals surface area (Å²) in [6, 6.07) is 15.8. The number of fused-ring (bicyclic) bond motifs is 3. The highest BCUT2D eigenvalue weighted by Gasteiger charge is 2.36. The molecular formula is C31H40ClN3O6. The van der Waals surface area contributed by atoms with Crippen LogP contribution in [0.25, 0.3) is 5.69 Å². The van der Waals surface area contributed by atoms with Gasteiger partial charge in [0, 0.05) is 40.8 Å². The molecular weight excluding hydrogens is 546 g/mol. The van der Waals surface area contributed by atoms with Gasteiger partial charge in [0.2, 0.25) is 0 Å². The number of aliphatic carboxylic acids is 1. The number of benzene rings is 2. The van der Waals surface area contributed by atoms with Crippen LogP contribution in [0.15, 0.2) is 66.6 Å². The van der Waals surface area contributed by atoms with Gasteiger partial charge in [-0.05, 0) is 56.2 Å². The summed E-state index contributed by atoms with van der Waals surface area (Å²) in [5.41, 5.74) is 9.04. The van der Waals surface area contributed by atoms with E-state index in [0.29, 0.717) is 41.7 Å². The zero-order valence-electron chi connectivity index (χ0n) is 24.3. The Morgan fingerprint density at radius 2 is 1.90 bits per heavy atom. The Labute approximate surface area is 246 Å². The molecule has 0 spiro atoms. The number of hydrogen-bond acceptors (Lipinski definition) is 7. The number of aromatic nitrogens is 1. The van der Waals surface area contributed by atoms with Crippen molar-refractivity contribution < 1.29 is 28.8 Å². The molecule has 10 heteroatoms. The fourth-order valence-corrected chi connectivity index (χ4v) is 4.96. The van der Waals surface area contributed by atoms with Gasteiger partial charge < -0.3 is 39.7 Å². The Bertz CT molecular complexity index is 1340. The topological polar surface area (TPSA) is 117 Å². The van der Waals surface area contributed by atoms with E-state index in [1.165, 1.54) is 6.20 Å². The van der Waals surface area contributed by atoms with Crippen molar-refractivity contribution in [3.05, 3.63) is 88.5 Å². The SMILES string of the molecule is CCN/C(=C\N)COC(CC)(CC)C(=O)O.COc1cccc([C@H]2OCc3cccn3-c3ccc(Cl)cc32)c1OC. The van der Waals surface area contributed by atoms with Gasteiger partial charge >= 0.3 is 5.97 Å². The lowest BCUT2D eigenvalue weighted by Crippen LogP contribution is -2.41. The van der Waals surface area contributed by atoms with Crippen LogP contribution in [0.2, 0.25) is 5.02 Å². The molecule has 1 aromatic heterocycles. The maximum atomic E-state index is 11.1. The number of halogens is 1. The zero-order valence-corrected chi connectivity index (χ0v) is 25.0. The molecule has 4 N–H and O–H groups in total. The molecule has 1 atom stereocenters. The first-order chi connectivity index (χ1) is 19.8. The maximum absolute atomic E-state index is 11.1. The van der Waals surface area contributed by atoms with E-state index >= 15 is 0 Å². The van der Waals surface area contributed by atoms with E-state index in [1.807, 2.05) is 55.6 Å². The lowest BCUT2D eigenvalue weighted by atomic mass is 9.97. The molecule has 0 fully saturated rings. The van der Waals surface area contributed by atoms with Gasteiger partial charge in [-0.25, -0.2) is 4.79 Å². The second-order valence-electron chi connectivity index (χ2n) is 9.36. The van der Waals surface area contributed by atoms with Crippen LogP contribution in [0.4, 0.5) is 0 Å². The normalized spacial score (nSPS) is 14.6. The highest BCUT2D eigenvalue weighted by atomic mass is 35.5. The molecule has 2 aromatic carbocycles. The van der Waals surface area contributed by atoms with E-state index in [2.05, 4.69) is 16.0 Å². The summed E-state index contributed by atoms with van der Waals surface area (Å²) in [6.45, 7) is 6.95. The summed E-state index contributed by atoms with van der Waals surface area (Å²) in [5, 5.41) is 12.8. The second kappa shape index (κ2) is 14.8. The van der Waals surface area contributed by atoms with Crippen LogP contribution < -0.4 is 20.5 Å². The molecule has 1 aliphatic rings. The first-order valence-electron chi connectivity index (χ1n) is 13.6. The first kappa shape index (κ1) is 31.9. The van der Waals surface area contributed by atoms with Crippen molar-refractivity contribution in [2.75, 3.05) is 27.4 Å². The number of rotatable bonds is 11. The molecule has 2 heterocycles. The minimum atomic E-state index is -1.11. The van der Waals surface area contributed by atoms with Gasteiger partial charge in [0.25, 0.3) is 0 Å². The Morgan fingerprint density at radius 3 is 2.51 bits per heavy atom. The Kier molecular flexibility index (Phi) is 11.5.